The number of non-ortho nitro benzene ring substituents is 1. The van der Waals surface area contributed by atoms with Crippen LogP contribution in [0.1, 0.15) is 5.56 Å². The van der Waals surface area contributed by atoms with Gasteiger partial charge in [0.2, 0.25) is 5.96 Å². The summed E-state index contributed by atoms with van der Waals surface area (Å²) in [7, 11) is 0. The van der Waals surface area contributed by atoms with Gasteiger partial charge in [0.15, 0.2) is 0 Å². The monoisotopic (exact) mass is 299 g/mol. The Bertz CT molecular complexity index is 465. The lowest BCUT2D eigenvalue weighted by Crippen LogP contribution is -2.22. The lowest BCUT2D eigenvalue weighted by atomic mass is 10.1. The number of halogens is 1. The molecule has 8 heteroatoms. The highest BCUT2D eigenvalue weighted by Gasteiger charge is 2.07. The zero-order chi connectivity index (χ0) is 12.8. The third-order valence-electron chi connectivity index (χ3n) is 1.82. The van der Waals surface area contributed by atoms with Crippen LogP contribution in [-0.4, -0.2) is 21.9 Å². The Kier molecular flexibility index (Phi) is 4.58. The van der Waals surface area contributed by atoms with Gasteiger partial charge in [0.1, 0.15) is 0 Å². The van der Waals surface area contributed by atoms with E-state index in [1.54, 1.807) is 12.1 Å². The molecule has 0 bridgehead atoms. The van der Waals surface area contributed by atoms with E-state index in [4.69, 9.17) is 11.5 Å². The van der Waals surface area contributed by atoms with Gasteiger partial charge in [-0.25, -0.2) is 0 Å². The van der Waals surface area contributed by atoms with Crippen LogP contribution in [0.15, 0.2) is 34.5 Å². The molecule has 0 saturated carbocycles. The molecule has 7 nitrogen and oxygen atoms in total. The molecule has 0 heterocycles. The maximum Gasteiger partial charge on any atom is 0.269 e. The molecule has 1 rings (SSSR count). The molecule has 0 radical (unpaired) electrons. The Morgan fingerprint density at radius 1 is 1.29 bits per heavy atom. The number of guanidine groups is 1. The molecular formula is C9H10BrN5O2. The van der Waals surface area contributed by atoms with Gasteiger partial charge in [0, 0.05) is 17.5 Å². The summed E-state index contributed by atoms with van der Waals surface area (Å²) in [5, 5.41) is 18.3. The smallest absolute Gasteiger partial charge is 0.269 e. The average molecular weight is 300 g/mol. The summed E-state index contributed by atoms with van der Waals surface area (Å²) in [5.41, 5.74) is 11.6. The maximum atomic E-state index is 10.5. The first-order valence-electron chi connectivity index (χ1n) is 4.51. The highest BCUT2D eigenvalue weighted by molar-refractivity contribution is 9.09. The standard InChI is InChI=1S/C9H10BrN5O2/c10-5-8(13-14-9(11)12)6-1-3-7(4-2-6)15(16)17/h1-4H,5H2,(H4,11,12,14). The number of alkyl halides is 1. The van der Waals surface area contributed by atoms with Crippen molar-refractivity contribution in [3.63, 3.8) is 0 Å². The largest absolute Gasteiger partial charge is 0.369 e. The summed E-state index contributed by atoms with van der Waals surface area (Å²) in [6.07, 6.45) is 0. The van der Waals surface area contributed by atoms with Crippen molar-refractivity contribution < 1.29 is 4.92 Å². The van der Waals surface area contributed by atoms with Crippen LogP contribution in [0.2, 0.25) is 0 Å². The van der Waals surface area contributed by atoms with Crippen LogP contribution in [-0.2, 0) is 0 Å². The second-order valence-corrected chi connectivity index (χ2v) is 3.57. The quantitative estimate of drug-likeness (QED) is 0.283. The maximum absolute atomic E-state index is 10.5. The molecule has 17 heavy (non-hydrogen) atoms. The van der Waals surface area contributed by atoms with Crippen molar-refractivity contribution in [1.82, 2.24) is 0 Å². The molecule has 1 aromatic rings. The van der Waals surface area contributed by atoms with Gasteiger partial charge in [-0.2, -0.15) is 5.10 Å². The zero-order valence-corrected chi connectivity index (χ0v) is 10.3. The van der Waals surface area contributed by atoms with Crippen LogP contribution in [0.5, 0.6) is 0 Å². The van der Waals surface area contributed by atoms with E-state index >= 15 is 0 Å². The highest BCUT2D eigenvalue weighted by atomic mass is 79.9. The normalized spacial score (nSPS) is 11.0. The van der Waals surface area contributed by atoms with E-state index in [-0.39, 0.29) is 11.6 Å². The predicted molar refractivity (Wildman–Crippen MR) is 69.2 cm³/mol. The van der Waals surface area contributed by atoms with E-state index in [0.717, 1.165) is 0 Å². The molecule has 0 aliphatic heterocycles. The molecule has 0 unspecified atom stereocenters. The summed E-state index contributed by atoms with van der Waals surface area (Å²) in [5.74, 6) is -0.148. The van der Waals surface area contributed by atoms with Crippen molar-refractivity contribution in [2.24, 2.45) is 21.7 Å². The van der Waals surface area contributed by atoms with Gasteiger partial charge in [-0.3, -0.25) is 10.1 Å². The number of nitrogens with zero attached hydrogens (tertiary/aromatic N) is 3. The summed E-state index contributed by atoms with van der Waals surface area (Å²) in [6, 6.07) is 5.95. The van der Waals surface area contributed by atoms with Crippen molar-refractivity contribution in [2.45, 2.75) is 0 Å². The summed E-state index contributed by atoms with van der Waals surface area (Å²) >= 11 is 3.23. The van der Waals surface area contributed by atoms with Gasteiger partial charge in [-0.15, -0.1) is 5.10 Å². The fraction of sp³-hybridized carbons (Fsp3) is 0.111. The summed E-state index contributed by atoms with van der Waals surface area (Å²) in [6.45, 7) is 0. The number of nitro groups is 1. The minimum absolute atomic E-state index is 0.0181. The Morgan fingerprint density at radius 3 is 2.29 bits per heavy atom. The van der Waals surface area contributed by atoms with Gasteiger partial charge < -0.3 is 11.5 Å². The molecule has 0 saturated heterocycles. The third-order valence-corrected chi connectivity index (χ3v) is 2.36. The average Bonchev–Trinajstić information content (AvgIpc) is 2.30. The van der Waals surface area contributed by atoms with E-state index < -0.39 is 4.92 Å². The minimum atomic E-state index is -0.468. The second-order valence-electron chi connectivity index (χ2n) is 3.01. The number of benzene rings is 1. The molecule has 0 aliphatic carbocycles. The molecule has 1 aromatic carbocycles. The molecule has 4 N–H and O–H groups in total. The molecular weight excluding hydrogens is 290 g/mol. The fourth-order valence-corrected chi connectivity index (χ4v) is 1.49. The number of hydrogen-bond acceptors (Lipinski definition) is 4. The number of rotatable bonds is 4. The van der Waals surface area contributed by atoms with Crippen LogP contribution >= 0.6 is 15.9 Å². The van der Waals surface area contributed by atoms with Crippen molar-refractivity contribution in [3.05, 3.63) is 39.9 Å². The third kappa shape index (κ3) is 3.83. The second kappa shape index (κ2) is 5.94. The Hall–Kier alpha value is -1.96. The Morgan fingerprint density at radius 2 is 1.88 bits per heavy atom. The molecule has 0 aliphatic rings. The fourth-order valence-electron chi connectivity index (χ4n) is 1.06. The first-order chi connectivity index (χ1) is 8.04. The highest BCUT2D eigenvalue weighted by Crippen LogP contribution is 2.13. The lowest BCUT2D eigenvalue weighted by Gasteiger charge is -2.00. The number of hydrogen-bond donors (Lipinski definition) is 2. The van der Waals surface area contributed by atoms with Gasteiger partial charge in [0.25, 0.3) is 5.69 Å². The summed E-state index contributed by atoms with van der Waals surface area (Å²) < 4.78 is 0. The van der Waals surface area contributed by atoms with Crippen LogP contribution in [0.3, 0.4) is 0 Å². The van der Waals surface area contributed by atoms with Crippen LogP contribution in [0, 0.1) is 10.1 Å². The van der Waals surface area contributed by atoms with E-state index in [1.165, 1.54) is 12.1 Å². The van der Waals surface area contributed by atoms with Gasteiger partial charge >= 0.3 is 0 Å². The topological polar surface area (TPSA) is 120 Å². The molecule has 90 valence electrons. The van der Waals surface area contributed by atoms with E-state index in [9.17, 15) is 10.1 Å². The van der Waals surface area contributed by atoms with Crippen LogP contribution < -0.4 is 11.5 Å². The SMILES string of the molecule is NC(N)=NN=C(CBr)c1ccc([N+](=O)[O-])cc1. The van der Waals surface area contributed by atoms with Crippen molar-refractivity contribution in [3.8, 4) is 0 Å². The lowest BCUT2D eigenvalue weighted by molar-refractivity contribution is -0.384. The summed E-state index contributed by atoms with van der Waals surface area (Å²) in [4.78, 5) is 10.0. The van der Waals surface area contributed by atoms with Crippen LogP contribution in [0.4, 0.5) is 5.69 Å². The molecule has 0 atom stereocenters. The van der Waals surface area contributed by atoms with Gasteiger partial charge in [-0.05, 0) is 17.7 Å². The molecule has 0 fully saturated rings. The molecule has 0 spiro atoms. The minimum Gasteiger partial charge on any atom is -0.369 e. The van der Waals surface area contributed by atoms with Crippen molar-refractivity contribution in [2.75, 3.05) is 5.33 Å². The first kappa shape index (κ1) is 13.1. The van der Waals surface area contributed by atoms with E-state index in [0.29, 0.717) is 16.6 Å². The van der Waals surface area contributed by atoms with Crippen molar-refractivity contribution >= 4 is 33.3 Å². The van der Waals surface area contributed by atoms with E-state index in [1.807, 2.05) is 0 Å². The zero-order valence-electron chi connectivity index (χ0n) is 8.71. The first-order valence-corrected chi connectivity index (χ1v) is 5.63. The van der Waals surface area contributed by atoms with Gasteiger partial charge in [-0.1, -0.05) is 15.9 Å². The predicted octanol–water partition coefficient (Wildman–Crippen LogP) is 0.967. The van der Waals surface area contributed by atoms with Gasteiger partial charge in [0.05, 0.1) is 10.6 Å². The molecule has 0 aromatic heterocycles. The van der Waals surface area contributed by atoms with Crippen molar-refractivity contribution in [1.29, 1.82) is 0 Å². The molecule has 0 amide bonds. The number of nitro benzene ring substituents is 1. The van der Waals surface area contributed by atoms with Crippen LogP contribution in [0.25, 0.3) is 0 Å². The van der Waals surface area contributed by atoms with E-state index in [2.05, 4.69) is 26.1 Å². The Labute approximate surface area is 105 Å². The Balaban J connectivity index is 3.01. The number of nitrogens with two attached hydrogens (primary N) is 2.